The van der Waals surface area contributed by atoms with Gasteiger partial charge in [0.15, 0.2) is 11.7 Å². The minimum atomic E-state index is -1.93. The van der Waals surface area contributed by atoms with Gasteiger partial charge in [-0.1, -0.05) is 84.5 Å². The molecule has 2 saturated heterocycles. The predicted octanol–water partition coefficient (Wildman–Crippen LogP) is 3.33. The van der Waals surface area contributed by atoms with E-state index in [1.54, 1.807) is 57.3 Å². The first-order valence-electron chi connectivity index (χ1n) is 46.8. The number of methoxy groups -OCH3 is 1. The van der Waals surface area contributed by atoms with E-state index in [9.17, 15) is 48.3 Å². The Balaban J connectivity index is 0.804. The monoisotopic (exact) mass is 1870 g/mol. The summed E-state index contributed by atoms with van der Waals surface area (Å²) in [5, 5.41) is 54.0. The van der Waals surface area contributed by atoms with Gasteiger partial charge in [-0.25, -0.2) is 4.98 Å². The number of aromatic amines is 4. The van der Waals surface area contributed by atoms with Gasteiger partial charge in [-0.15, -0.1) is 0 Å². The second kappa shape index (κ2) is 45.7. The number of phenolic OH excluding ortho intramolecular Hbond substituents is 1. The lowest BCUT2D eigenvalue weighted by Crippen LogP contribution is -2.61. The number of hydrogen-bond acceptors (Lipinski definition) is 21. The normalized spacial score (nSPS) is 19.1. The lowest BCUT2D eigenvalue weighted by atomic mass is 9.81. The molecule has 8 bridgehead atoms. The van der Waals surface area contributed by atoms with Crippen LogP contribution in [-0.2, 0) is 91.1 Å². The number of ketones is 1. The summed E-state index contributed by atoms with van der Waals surface area (Å²) in [7, 11) is 1.22. The number of Topliss-reactive ketones (excluding diaryl/α,β-unsaturated/α-hetero) is 1. The largest absolute Gasteiger partial charge is 0.508 e. The van der Waals surface area contributed by atoms with Crippen molar-refractivity contribution in [2.45, 2.75) is 232 Å². The van der Waals surface area contributed by atoms with Gasteiger partial charge in [-0.2, -0.15) is 0 Å². The number of fused-ring (bicyclic) bond motifs is 8. The van der Waals surface area contributed by atoms with E-state index < -0.39 is 144 Å². The van der Waals surface area contributed by atoms with Crippen molar-refractivity contribution in [1.29, 1.82) is 5.41 Å². The number of ether oxygens (including phenoxy) is 2. The van der Waals surface area contributed by atoms with Crippen LogP contribution in [0.25, 0.3) is 40.8 Å². The third-order valence-electron chi connectivity index (χ3n) is 25.9. The molecule has 136 heavy (non-hydrogen) atoms. The molecule has 4 aromatic heterocycles. The van der Waals surface area contributed by atoms with Crippen LogP contribution >= 0.6 is 0 Å². The fourth-order valence-electron chi connectivity index (χ4n) is 18.7. The molecular formula is C98H127N21O17. The number of nitrogens with zero attached hydrogens (tertiary/aromatic N) is 3. The summed E-state index contributed by atoms with van der Waals surface area (Å²) in [4.78, 5) is 227. The number of allylic oxidation sites excluding steroid dienone is 2. The zero-order valence-corrected chi connectivity index (χ0v) is 78.8. The lowest BCUT2D eigenvalue weighted by Gasteiger charge is -2.31. The molecule has 726 valence electrons. The number of phenols is 1. The number of likely N-dealkylation sites (N-methyl/N-ethyl adjacent to an activating group) is 1. The van der Waals surface area contributed by atoms with E-state index in [0.29, 0.717) is 85.9 Å². The Morgan fingerprint density at radius 1 is 0.713 bits per heavy atom. The van der Waals surface area contributed by atoms with E-state index in [2.05, 4.69) is 121 Å². The van der Waals surface area contributed by atoms with Gasteiger partial charge in [0.1, 0.15) is 72.7 Å². The maximum Gasteiger partial charge on any atom is 0.321 e. The molecule has 0 radical (unpaired) electrons. The van der Waals surface area contributed by atoms with Gasteiger partial charge in [0, 0.05) is 150 Å². The lowest BCUT2D eigenvalue weighted by molar-refractivity contribution is -0.147. The van der Waals surface area contributed by atoms with E-state index >= 15 is 24.0 Å². The number of hydrogen-bond donors (Lipinski definition) is 19. The molecule has 11 amide bonds. The van der Waals surface area contributed by atoms with E-state index in [-0.39, 0.29) is 150 Å². The molecule has 6 aromatic rings. The van der Waals surface area contributed by atoms with E-state index in [4.69, 9.17) is 25.6 Å². The van der Waals surface area contributed by atoms with E-state index in [1.165, 1.54) is 48.8 Å². The quantitative estimate of drug-likeness (QED) is 0.00858. The first-order chi connectivity index (χ1) is 65.0. The number of rotatable bonds is 43. The van der Waals surface area contributed by atoms with E-state index in [1.807, 2.05) is 40.7 Å². The molecule has 1 aliphatic carbocycles. The van der Waals surface area contributed by atoms with Gasteiger partial charge in [0.05, 0.1) is 30.5 Å². The van der Waals surface area contributed by atoms with Crippen molar-refractivity contribution in [2.24, 2.45) is 40.3 Å². The number of H-pyrrole nitrogens is 4. The van der Waals surface area contributed by atoms with Crippen LogP contribution in [0.15, 0.2) is 101 Å². The second-order valence-corrected chi connectivity index (χ2v) is 36.5. The summed E-state index contributed by atoms with van der Waals surface area (Å²) in [6, 6.07) is 0.118. The molecular weight excluding hydrogens is 1740 g/mol. The predicted molar refractivity (Wildman–Crippen MR) is 509 cm³/mol. The van der Waals surface area contributed by atoms with Gasteiger partial charge in [0.25, 0.3) is 0 Å². The maximum absolute atomic E-state index is 15.6. The highest BCUT2D eigenvalue weighted by molar-refractivity contribution is 6.35. The van der Waals surface area contributed by atoms with Gasteiger partial charge >= 0.3 is 11.9 Å². The van der Waals surface area contributed by atoms with Crippen molar-refractivity contribution < 1.29 is 81.7 Å². The first kappa shape index (κ1) is 101. The molecule has 0 spiro atoms. The average Bonchev–Trinajstić information content (AvgIpc) is 1.56. The fraction of sp³-hybridized carbons (Fsp3) is 0.480. The van der Waals surface area contributed by atoms with Crippen molar-refractivity contribution >= 4 is 135 Å². The molecule has 5 aliphatic heterocycles. The highest BCUT2D eigenvalue weighted by Gasteiger charge is 2.48. The fourth-order valence-corrected chi connectivity index (χ4v) is 18.7. The summed E-state index contributed by atoms with van der Waals surface area (Å²) in [6.07, 6.45) is 13.3. The number of carbonyl (C=O) groups is 14. The summed E-state index contributed by atoms with van der Waals surface area (Å²) in [6.45, 7) is 22.8. The van der Waals surface area contributed by atoms with Gasteiger partial charge in [-0.05, 0) is 174 Å². The topological polar surface area (TPSA) is 564 Å². The molecule has 20 N–H and O–H groups in total. The second-order valence-electron chi connectivity index (χ2n) is 36.5. The number of likely N-dealkylation sites (tertiary alicyclic amines) is 1. The third-order valence-corrected chi connectivity index (χ3v) is 25.9. The summed E-state index contributed by atoms with van der Waals surface area (Å²) in [5.74, 6) is -13.4. The maximum atomic E-state index is 15.6. The van der Waals surface area contributed by atoms with Crippen molar-refractivity contribution in [3.63, 3.8) is 0 Å². The van der Waals surface area contributed by atoms with Gasteiger partial charge < -0.3 is 109 Å². The molecule has 6 aliphatic rings. The minimum Gasteiger partial charge on any atom is -0.508 e. The number of para-hydroxylation sites is 1. The summed E-state index contributed by atoms with van der Waals surface area (Å²) < 4.78 is 11.2. The zero-order chi connectivity index (χ0) is 98.0. The third kappa shape index (κ3) is 24.5. The highest BCUT2D eigenvalue weighted by Crippen LogP contribution is 2.43. The van der Waals surface area contributed by atoms with Crippen LogP contribution in [0.2, 0.25) is 0 Å². The number of aromatic hydroxyl groups is 1. The molecule has 38 heteroatoms. The highest BCUT2D eigenvalue weighted by atomic mass is 16.5. The minimum absolute atomic E-state index is 0.0272. The van der Waals surface area contributed by atoms with Crippen LogP contribution in [0.1, 0.15) is 194 Å². The van der Waals surface area contributed by atoms with Crippen molar-refractivity contribution in [3.05, 3.63) is 158 Å². The zero-order valence-electron chi connectivity index (χ0n) is 78.8. The van der Waals surface area contributed by atoms with Crippen LogP contribution in [0.4, 0.5) is 0 Å². The molecule has 12 rings (SSSR count). The van der Waals surface area contributed by atoms with Crippen LogP contribution in [0.5, 0.6) is 5.75 Å². The number of aromatic nitrogens is 5. The SMILES string of the molecule is C=Cc1c2[nH]c(c1C)C=C1N=C(C3=c4[nH]c(c(C)c4C(=O)[C@@H]3C(=O)OC)=CC3NC(=C2)C(C)=C3CC)[C@@H](CCC(=O)NCCCC(=O)OC[C@H](NC(=O)[C@@H](Cc2c[nH]c3ccccc23)NC(=O)[C@H](Cc2cnc[nH]2)NC(=O)[C@@H]2CCC(=O)N2)C(=O)N[C@@H](Cc2ccc(O)cc2)C(=O)N[C@H](CC(C)C)C(=O)N[C@@H](CC(C)C)C(=O)N[C@@H](CCCNC(=N)N)C(=O)N2CCC[C@H]2C(=O)NCC)[C@@H]1C. The Hall–Kier alpha value is -14.2. The van der Waals surface area contributed by atoms with Crippen molar-refractivity contribution in [3.8, 4) is 5.75 Å². The molecule has 9 heterocycles. The van der Waals surface area contributed by atoms with Crippen LogP contribution < -0.4 is 80.2 Å². The van der Waals surface area contributed by atoms with Crippen LogP contribution in [0, 0.1) is 48.8 Å². The smallest absolute Gasteiger partial charge is 0.321 e. The number of esters is 2. The average molecular weight is 1870 g/mol. The Kier molecular flexibility index (Phi) is 33.8. The Labute approximate surface area is 787 Å². The number of amides is 11. The van der Waals surface area contributed by atoms with Crippen LogP contribution in [0.3, 0.4) is 0 Å². The summed E-state index contributed by atoms with van der Waals surface area (Å²) >= 11 is 0. The Bertz CT molecular complexity index is 5830. The molecule has 38 nitrogen and oxygen atoms in total. The molecule has 13 atom stereocenters. The molecule has 2 aromatic carbocycles. The Morgan fingerprint density at radius 3 is 2.00 bits per heavy atom. The first-order valence-corrected chi connectivity index (χ1v) is 46.8. The van der Waals surface area contributed by atoms with Crippen molar-refractivity contribution in [1.82, 2.24) is 93.6 Å². The summed E-state index contributed by atoms with van der Waals surface area (Å²) in [5.41, 5.74) is 16.4. The number of aliphatic imine (C=N–C) groups is 1. The van der Waals surface area contributed by atoms with Gasteiger partial charge in [-0.3, -0.25) is 77.5 Å². The molecule has 0 saturated carbocycles. The number of guanidine groups is 1. The van der Waals surface area contributed by atoms with Gasteiger partial charge in [0.2, 0.25) is 65.0 Å². The van der Waals surface area contributed by atoms with Crippen LogP contribution in [-0.4, -0.2) is 230 Å². The standard InChI is InChI=1S/C98H127N21O17/c1-13-59-51(8)66-42-68-53(10)61(85(110-68)83-84(97(134)135-12)87(124)82-54(11)69(111-86(82)83)44-71-60(14-2)52(9)67(108-71)43-70(59)107-66)30-32-79(121)103-34-19-25-81(123)136-47-77(118-92(129)75(40-56-45-105-63-22-17-16-21-62(56)63)116-93(130)76(41-57-46-101-48-106-57)117-88(125)64-31-33-80(122)109-64)94(131)115-74(39-55-26-28-58(120)29-27-55)91(128)114-73(38-50(6)7)90(127)113-72(37-49(4)5)89(126)112-65(23-18-35-104-98(99)100)96(133)119-36-20-24-78(119)95(132)102-15-3/h13,16-17,21-22,26-29,42-46,48-50,53,61,64-65,71-78,84,105,107-108,111,120H,1,14-15,18-20,23-25,30-41,47H2,2-12H3,(H,101,106)(H,102,132)(H,103,121)(H,109,122)(H,112,126)(H,113,127)(H,114,128)(H,115,131)(H,116,130)(H,117,125)(H,118,129)(H4,99,100,104)/t53-,61-,64-,65-,71?,72-,73+,74-,75+,76-,77-,78-,84+/m0/s1. The van der Waals surface area contributed by atoms with Crippen molar-refractivity contribution in [2.75, 3.05) is 39.9 Å². The van der Waals surface area contributed by atoms with E-state index in [0.717, 1.165) is 45.8 Å². The number of imidazole rings is 1. The number of nitrogens with two attached hydrogens (primary N) is 1. The number of benzene rings is 2. The Morgan fingerprint density at radius 2 is 1.36 bits per heavy atom. The number of carbonyl (C=O) groups excluding carboxylic acids is 14. The molecule has 1 unspecified atom stereocenters. The molecule has 2 fully saturated rings. The number of nitrogens with one attached hydrogen (secondary N) is 17.